The molecule has 1 N–H and O–H groups in total. The summed E-state index contributed by atoms with van der Waals surface area (Å²) in [5.41, 5.74) is 0.409. The summed E-state index contributed by atoms with van der Waals surface area (Å²) in [6.45, 7) is 6.77. The second-order valence-electron chi connectivity index (χ2n) is 8.01. The fourth-order valence-electron chi connectivity index (χ4n) is 3.94. The number of hydrogen-bond donors (Lipinski definition) is 1. The van der Waals surface area contributed by atoms with E-state index in [2.05, 4.69) is 28.8 Å². The van der Waals surface area contributed by atoms with E-state index in [0.29, 0.717) is 0 Å². The van der Waals surface area contributed by atoms with Crippen molar-refractivity contribution in [1.29, 1.82) is 0 Å². The van der Waals surface area contributed by atoms with Gasteiger partial charge >= 0.3 is 5.97 Å². The van der Waals surface area contributed by atoms with Crippen molar-refractivity contribution in [1.82, 2.24) is 4.90 Å². The number of esters is 1. The molecule has 2 unspecified atom stereocenters. The Morgan fingerprint density at radius 1 is 1.09 bits per heavy atom. The molecule has 1 aliphatic rings. The third kappa shape index (κ3) is 6.02. The zero-order valence-electron chi connectivity index (χ0n) is 18.6. The van der Waals surface area contributed by atoms with Gasteiger partial charge in [-0.05, 0) is 25.0 Å². The Labute approximate surface area is 190 Å². The summed E-state index contributed by atoms with van der Waals surface area (Å²) >= 11 is 0. The van der Waals surface area contributed by atoms with Crippen molar-refractivity contribution in [3.63, 3.8) is 0 Å². The van der Waals surface area contributed by atoms with Crippen LogP contribution >= 0.6 is 0 Å². The number of ether oxygens (including phenoxy) is 2. The van der Waals surface area contributed by atoms with Crippen molar-refractivity contribution >= 4 is 23.0 Å². The zero-order chi connectivity index (χ0) is 24.1. The van der Waals surface area contributed by atoms with Gasteiger partial charge in [0.15, 0.2) is 0 Å². The van der Waals surface area contributed by atoms with Gasteiger partial charge in [0.05, 0.1) is 40.8 Å². The summed E-state index contributed by atoms with van der Waals surface area (Å²) in [5.74, 6) is -0.909. The predicted octanol–water partition coefficient (Wildman–Crippen LogP) is 3.51. The fourth-order valence-corrected chi connectivity index (χ4v) is 3.94. The van der Waals surface area contributed by atoms with E-state index >= 15 is 0 Å². The van der Waals surface area contributed by atoms with Gasteiger partial charge in [0.1, 0.15) is 5.69 Å². The van der Waals surface area contributed by atoms with Gasteiger partial charge in [0.25, 0.3) is 11.4 Å². The molecule has 2 atom stereocenters. The van der Waals surface area contributed by atoms with Crippen LogP contribution < -0.4 is 5.32 Å². The number of non-ortho nitro benzene ring substituents is 1. The van der Waals surface area contributed by atoms with Crippen LogP contribution in [-0.2, 0) is 22.6 Å². The lowest BCUT2D eigenvalue weighted by molar-refractivity contribution is -0.393. The summed E-state index contributed by atoms with van der Waals surface area (Å²) in [6, 6.07) is 9.53. The molecule has 2 aromatic carbocycles. The molecule has 176 valence electrons. The van der Waals surface area contributed by atoms with Crippen LogP contribution in [0.5, 0.6) is 0 Å². The predicted molar refractivity (Wildman–Crippen MR) is 120 cm³/mol. The van der Waals surface area contributed by atoms with E-state index in [-0.39, 0.29) is 30.0 Å². The smallest absolute Gasteiger partial charge is 0.340 e. The van der Waals surface area contributed by atoms with Gasteiger partial charge in [0.2, 0.25) is 0 Å². The molecule has 2 aromatic rings. The lowest BCUT2D eigenvalue weighted by Gasteiger charge is -2.35. The lowest BCUT2D eigenvalue weighted by Crippen LogP contribution is -2.44. The van der Waals surface area contributed by atoms with Gasteiger partial charge in [-0.1, -0.05) is 24.3 Å². The van der Waals surface area contributed by atoms with Crippen molar-refractivity contribution in [2.24, 2.45) is 0 Å². The number of nitro benzene ring substituents is 2. The van der Waals surface area contributed by atoms with E-state index in [1.165, 1.54) is 0 Å². The van der Waals surface area contributed by atoms with E-state index in [1.807, 2.05) is 24.3 Å². The normalized spacial score (nSPS) is 18.5. The number of morpholine rings is 1. The minimum atomic E-state index is -0.909. The number of nitro groups is 2. The molecule has 33 heavy (non-hydrogen) atoms. The zero-order valence-corrected chi connectivity index (χ0v) is 18.6. The lowest BCUT2D eigenvalue weighted by atomic mass is 10.1. The van der Waals surface area contributed by atoms with E-state index in [9.17, 15) is 25.0 Å². The van der Waals surface area contributed by atoms with Crippen molar-refractivity contribution in [2.75, 3.05) is 25.5 Å². The Morgan fingerprint density at radius 3 is 2.24 bits per heavy atom. The minimum Gasteiger partial charge on any atom is -0.465 e. The van der Waals surface area contributed by atoms with Crippen LogP contribution in [0.3, 0.4) is 0 Å². The second kappa shape index (κ2) is 10.4. The number of anilines is 1. The molecular formula is C22H26N4O7. The van der Waals surface area contributed by atoms with E-state index in [4.69, 9.17) is 4.74 Å². The largest absolute Gasteiger partial charge is 0.465 e. The molecule has 0 saturated carbocycles. The van der Waals surface area contributed by atoms with Gasteiger partial charge in [0, 0.05) is 32.2 Å². The number of hydrogen-bond acceptors (Lipinski definition) is 9. The number of carbonyl (C=O) groups excluding carboxylic acids is 1. The highest BCUT2D eigenvalue weighted by atomic mass is 16.6. The molecule has 1 aliphatic heterocycles. The number of nitrogens with zero attached hydrogens (tertiary/aromatic N) is 3. The summed E-state index contributed by atoms with van der Waals surface area (Å²) in [5, 5.41) is 25.5. The Hall–Kier alpha value is -3.57. The number of benzene rings is 2. The molecule has 11 nitrogen and oxygen atoms in total. The van der Waals surface area contributed by atoms with Crippen LogP contribution in [0.15, 0.2) is 36.4 Å². The first-order chi connectivity index (χ1) is 15.7. The molecule has 0 aromatic heterocycles. The maximum absolute atomic E-state index is 12.2. The van der Waals surface area contributed by atoms with Gasteiger partial charge in [-0.3, -0.25) is 25.1 Å². The average molecular weight is 458 g/mol. The van der Waals surface area contributed by atoms with Gasteiger partial charge in [-0.15, -0.1) is 0 Å². The maximum atomic E-state index is 12.2. The molecule has 3 rings (SSSR count). The molecule has 0 spiro atoms. The Balaban J connectivity index is 1.76. The van der Waals surface area contributed by atoms with E-state index in [0.717, 1.165) is 50.0 Å². The van der Waals surface area contributed by atoms with E-state index < -0.39 is 27.2 Å². The first-order valence-electron chi connectivity index (χ1n) is 10.4. The molecule has 0 bridgehead atoms. The molecule has 0 aliphatic carbocycles. The first kappa shape index (κ1) is 24.1. The summed E-state index contributed by atoms with van der Waals surface area (Å²) < 4.78 is 10.4. The molecule has 11 heteroatoms. The molecule has 0 radical (unpaired) electrons. The highest BCUT2D eigenvalue weighted by molar-refractivity contribution is 5.99. The third-order valence-corrected chi connectivity index (χ3v) is 5.31. The Morgan fingerprint density at radius 2 is 1.70 bits per heavy atom. The van der Waals surface area contributed by atoms with Crippen molar-refractivity contribution in [2.45, 2.75) is 39.1 Å². The summed E-state index contributed by atoms with van der Waals surface area (Å²) in [4.78, 5) is 35.6. The first-order valence-corrected chi connectivity index (χ1v) is 10.4. The second-order valence-corrected chi connectivity index (χ2v) is 8.01. The van der Waals surface area contributed by atoms with E-state index in [1.54, 1.807) is 0 Å². The molecule has 1 fully saturated rings. The number of methoxy groups -OCH3 is 1. The standard InChI is InChI=1S/C22H26N4O7/c1-14-11-24(12-15(2)33-14)13-17-6-4-16(5-7-17)10-23-21-19(22(27)32-3)8-18(25(28)29)9-20(21)26(30)31/h4-9,14-15,23H,10-13H2,1-3H3. The summed E-state index contributed by atoms with van der Waals surface area (Å²) in [7, 11) is 1.10. The number of nitrogens with one attached hydrogen (secondary N) is 1. The van der Waals surface area contributed by atoms with Crippen LogP contribution in [-0.4, -0.2) is 53.1 Å². The highest BCUT2D eigenvalue weighted by Crippen LogP contribution is 2.34. The van der Waals surface area contributed by atoms with Crippen LogP contribution in [0.25, 0.3) is 0 Å². The fraction of sp³-hybridized carbons (Fsp3) is 0.409. The van der Waals surface area contributed by atoms with Crippen LogP contribution in [0, 0.1) is 20.2 Å². The monoisotopic (exact) mass is 458 g/mol. The number of rotatable bonds is 8. The van der Waals surface area contributed by atoms with Gasteiger partial charge in [-0.2, -0.15) is 0 Å². The van der Waals surface area contributed by atoms with Crippen molar-refractivity contribution < 1.29 is 24.1 Å². The maximum Gasteiger partial charge on any atom is 0.340 e. The quantitative estimate of drug-likeness (QED) is 0.358. The molecule has 1 saturated heterocycles. The molecule has 0 amide bonds. The number of carbonyl (C=O) groups is 1. The minimum absolute atomic E-state index is 0.127. The highest BCUT2D eigenvalue weighted by Gasteiger charge is 2.28. The Kier molecular flexibility index (Phi) is 7.56. The van der Waals surface area contributed by atoms with Gasteiger partial charge in [-0.25, -0.2) is 4.79 Å². The Bertz CT molecular complexity index is 1030. The average Bonchev–Trinajstić information content (AvgIpc) is 2.76. The molecular weight excluding hydrogens is 432 g/mol. The molecule has 1 heterocycles. The topological polar surface area (TPSA) is 137 Å². The van der Waals surface area contributed by atoms with Crippen molar-refractivity contribution in [3.05, 3.63) is 73.3 Å². The van der Waals surface area contributed by atoms with Crippen LogP contribution in [0.2, 0.25) is 0 Å². The van der Waals surface area contributed by atoms with Crippen LogP contribution in [0.1, 0.15) is 35.3 Å². The van der Waals surface area contributed by atoms with Gasteiger partial charge < -0.3 is 14.8 Å². The summed E-state index contributed by atoms with van der Waals surface area (Å²) in [6.07, 6.45) is 0.359. The van der Waals surface area contributed by atoms with Crippen LogP contribution in [0.4, 0.5) is 17.1 Å². The SMILES string of the molecule is COC(=O)c1cc([N+](=O)[O-])cc([N+](=O)[O-])c1NCc1ccc(CN2CC(C)OC(C)C2)cc1. The van der Waals surface area contributed by atoms with Crippen molar-refractivity contribution in [3.8, 4) is 0 Å². The third-order valence-electron chi connectivity index (χ3n) is 5.31.